The Morgan fingerprint density at radius 3 is 2.12 bits per heavy atom. The van der Waals surface area contributed by atoms with Gasteiger partial charge in [0.2, 0.25) is 5.91 Å². The monoisotopic (exact) mass is 703 g/mol. The van der Waals surface area contributed by atoms with E-state index < -0.39 is 64.9 Å². The Balaban J connectivity index is 1.81. The van der Waals surface area contributed by atoms with Gasteiger partial charge in [-0.25, -0.2) is 8.78 Å². The summed E-state index contributed by atoms with van der Waals surface area (Å²) in [7, 11) is 0. The first-order valence-corrected chi connectivity index (χ1v) is 17.0. The minimum atomic E-state index is -4.63. The number of likely N-dealkylation sites (tertiary alicyclic amines) is 1. The number of aryl methyl sites for hydroxylation is 4. The molecule has 1 N–H and O–H groups in total. The maximum atomic E-state index is 16.7. The molecule has 0 spiro atoms. The van der Waals surface area contributed by atoms with Crippen LogP contribution in [0.5, 0.6) is 0 Å². The van der Waals surface area contributed by atoms with E-state index in [9.17, 15) is 27.6 Å². The van der Waals surface area contributed by atoms with E-state index in [1.807, 2.05) is 20.8 Å². The Bertz CT molecular complexity index is 1770. The molecule has 2 heterocycles. The summed E-state index contributed by atoms with van der Waals surface area (Å²) in [5.41, 5.74) is -0.129. The van der Waals surface area contributed by atoms with Crippen LogP contribution in [-0.2, 0) is 26.9 Å². The highest BCUT2D eigenvalue weighted by Crippen LogP contribution is 2.40. The van der Waals surface area contributed by atoms with E-state index in [2.05, 4.69) is 10.2 Å². The minimum absolute atomic E-state index is 0.0254. The van der Waals surface area contributed by atoms with Crippen LogP contribution in [0.15, 0.2) is 35.3 Å². The number of nitrogens with zero attached hydrogens (tertiary/aromatic N) is 2. The third-order valence-corrected chi connectivity index (χ3v) is 9.26. The van der Waals surface area contributed by atoms with E-state index in [4.69, 9.17) is 4.74 Å². The molecule has 0 aliphatic carbocycles. The maximum absolute atomic E-state index is 16.7. The molecule has 1 aliphatic rings. The second-order valence-electron chi connectivity index (χ2n) is 13.7. The zero-order valence-corrected chi connectivity index (χ0v) is 29.7. The fourth-order valence-corrected chi connectivity index (χ4v) is 6.59. The van der Waals surface area contributed by atoms with Gasteiger partial charge in [-0.1, -0.05) is 13.8 Å². The highest BCUT2D eigenvalue weighted by molar-refractivity contribution is 5.82. The highest BCUT2D eigenvalue weighted by Gasteiger charge is 2.34. The molecule has 3 aromatic rings. The summed E-state index contributed by atoms with van der Waals surface area (Å²) in [5, 5.41) is 2.67. The second-order valence-corrected chi connectivity index (χ2v) is 13.7. The molecule has 2 atom stereocenters. The largest absolute Gasteiger partial charge is 0.466 e. The third kappa shape index (κ3) is 8.80. The van der Waals surface area contributed by atoms with Crippen molar-refractivity contribution in [2.75, 3.05) is 26.2 Å². The summed E-state index contributed by atoms with van der Waals surface area (Å²) in [6.45, 7) is 14.1. The number of pyridine rings is 1. The van der Waals surface area contributed by atoms with Crippen LogP contribution in [0.2, 0.25) is 0 Å². The number of halogens is 5. The summed E-state index contributed by atoms with van der Waals surface area (Å²) in [5.74, 6) is -3.78. The maximum Gasteiger partial charge on any atom is 0.416 e. The van der Waals surface area contributed by atoms with Crippen LogP contribution in [0, 0.1) is 45.2 Å². The lowest BCUT2D eigenvalue weighted by Crippen LogP contribution is -2.41. The van der Waals surface area contributed by atoms with Gasteiger partial charge in [0.25, 0.3) is 5.56 Å². The zero-order chi connectivity index (χ0) is 37.1. The molecular weight excluding hydrogens is 657 g/mol. The van der Waals surface area contributed by atoms with Crippen molar-refractivity contribution in [3.63, 3.8) is 0 Å². The Hall–Kier alpha value is -4.06. The molecule has 2 aromatic carbocycles. The molecule has 1 fully saturated rings. The number of carbonyl (C=O) groups excluding carboxylic acids is 2. The number of nitrogens with one attached hydrogen (secondary N) is 1. The number of hydrogen-bond acceptors (Lipinski definition) is 5. The molecule has 1 amide bonds. The topological polar surface area (TPSA) is 80.6 Å². The van der Waals surface area contributed by atoms with Crippen LogP contribution in [0.3, 0.4) is 0 Å². The molecule has 1 saturated heterocycles. The average Bonchev–Trinajstić information content (AvgIpc) is 2.98. The standard InChI is InChI=1S/C38H46F5N3O4/c1-8-50-32(48)19-29(34-35(39)25(7)17-28(36(34)40)33-23(5)15-27(16-24(33)6)38(41,42)43)44-37(49)30(14-21(2)3)46-20-26(22(4)18-31(46)47)10-13-45-11-9-12-45/h15-18,20-21,29-30H,8-14,19H2,1-7H3,(H,44,49)/t29-,30?/m0/s1. The summed E-state index contributed by atoms with van der Waals surface area (Å²) in [6.07, 6.45) is -1.59. The van der Waals surface area contributed by atoms with Gasteiger partial charge < -0.3 is 19.5 Å². The lowest BCUT2D eigenvalue weighted by atomic mass is 9.88. The second kappa shape index (κ2) is 15.9. The Morgan fingerprint density at radius 2 is 1.58 bits per heavy atom. The summed E-state index contributed by atoms with van der Waals surface area (Å²) in [4.78, 5) is 42.7. The molecular formula is C38H46F5N3O4. The molecule has 1 aromatic heterocycles. The SMILES string of the molecule is CCOC(=O)C[C@H](NC(=O)C(CC(C)C)n1cc(CCN2CCC2)c(C)cc1=O)c1c(F)c(C)cc(-c2c(C)cc(C(F)(F)F)cc2C)c1F. The van der Waals surface area contributed by atoms with E-state index in [1.165, 1.54) is 37.5 Å². The van der Waals surface area contributed by atoms with Crippen molar-refractivity contribution in [1.29, 1.82) is 0 Å². The van der Waals surface area contributed by atoms with Gasteiger partial charge in [-0.05, 0) is 124 Å². The summed E-state index contributed by atoms with van der Waals surface area (Å²) in [6, 6.07) is 1.82. The molecule has 1 aliphatic heterocycles. The number of ether oxygens (including phenoxy) is 1. The average molecular weight is 704 g/mol. The number of alkyl halides is 3. The minimum Gasteiger partial charge on any atom is -0.466 e. The van der Waals surface area contributed by atoms with E-state index in [1.54, 1.807) is 13.1 Å². The van der Waals surface area contributed by atoms with E-state index in [0.717, 1.165) is 49.3 Å². The van der Waals surface area contributed by atoms with Crippen molar-refractivity contribution in [1.82, 2.24) is 14.8 Å². The Kier molecular flexibility index (Phi) is 12.3. The van der Waals surface area contributed by atoms with Gasteiger partial charge in [-0.15, -0.1) is 0 Å². The van der Waals surface area contributed by atoms with Crippen molar-refractivity contribution < 1.29 is 36.3 Å². The number of benzene rings is 2. The van der Waals surface area contributed by atoms with E-state index >= 15 is 8.78 Å². The smallest absolute Gasteiger partial charge is 0.416 e. The van der Waals surface area contributed by atoms with Crippen LogP contribution in [0.25, 0.3) is 11.1 Å². The van der Waals surface area contributed by atoms with Crippen LogP contribution in [0.1, 0.15) is 91.1 Å². The number of esters is 1. The van der Waals surface area contributed by atoms with Crippen molar-refractivity contribution in [2.45, 2.75) is 92.4 Å². The van der Waals surface area contributed by atoms with Gasteiger partial charge in [-0.2, -0.15) is 13.2 Å². The van der Waals surface area contributed by atoms with Gasteiger partial charge >= 0.3 is 12.1 Å². The van der Waals surface area contributed by atoms with Gasteiger partial charge in [0, 0.05) is 29.9 Å². The molecule has 1 unspecified atom stereocenters. The molecule has 7 nitrogen and oxygen atoms in total. The van der Waals surface area contributed by atoms with Gasteiger partial charge in [0.1, 0.15) is 17.7 Å². The molecule has 0 bridgehead atoms. The summed E-state index contributed by atoms with van der Waals surface area (Å²) >= 11 is 0. The molecule has 272 valence electrons. The molecule has 50 heavy (non-hydrogen) atoms. The fraction of sp³-hybridized carbons (Fsp3) is 0.500. The highest BCUT2D eigenvalue weighted by atomic mass is 19.4. The normalized spacial score (nSPS) is 14.7. The van der Waals surface area contributed by atoms with Gasteiger partial charge in [0.05, 0.1) is 24.6 Å². The lowest BCUT2D eigenvalue weighted by molar-refractivity contribution is -0.144. The first-order chi connectivity index (χ1) is 23.4. The Labute approximate surface area is 289 Å². The number of hydrogen-bond donors (Lipinski definition) is 1. The van der Waals surface area contributed by atoms with Crippen molar-refractivity contribution >= 4 is 11.9 Å². The number of aromatic nitrogens is 1. The molecule has 12 heteroatoms. The van der Waals surface area contributed by atoms with E-state index in [-0.39, 0.29) is 46.8 Å². The van der Waals surface area contributed by atoms with Crippen LogP contribution >= 0.6 is 0 Å². The lowest BCUT2D eigenvalue weighted by Gasteiger charge is -2.31. The van der Waals surface area contributed by atoms with Gasteiger partial charge in [-0.3, -0.25) is 14.4 Å². The third-order valence-electron chi connectivity index (χ3n) is 9.26. The Morgan fingerprint density at radius 1 is 0.940 bits per heavy atom. The van der Waals surface area contributed by atoms with Crippen molar-refractivity contribution in [3.05, 3.63) is 91.4 Å². The van der Waals surface area contributed by atoms with Crippen molar-refractivity contribution in [3.8, 4) is 11.1 Å². The number of amides is 1. The van der Waals surface area contributed by atoms with Crippen LogP contribution in [0.4, 0.5) is 22.0 Å². The zero-order valence-electron chi connectivity index (χ0n) is 29.7. The van der Waals surface area contributed by atoms with Crippen LogP contribution < -0.4 is 10.9 Å². The molecule has 0 radical (unpaired) electrons. The number of rotatable bonds is 13. The first kappa shape index (κ1) is 38.7. The van der Waals surface area contributed by atoms with Crippen molar-refractivity contribution in [2.24, 2.45) is 5.92 Å². The quantitative estimate of drug-likeness (QED) is 0.146. The molecule has 0 saturated carbocycles. The molecule has 4 rings (SSSR count). The van der Waals surface area contributed by atoms with E-state index in [0.29, 0.717) is 6.42 Å². The predicted molar refractivity (Wildman–Crippen MR) is 182 cm³/mol. The van der Waals surface area contributed by atoms with Gasteiger partial charge in [0.15, 0.2) is 0 Å². The predicted octanol–water partition coefficient (Wildman–Crippen LogP) is 7.69. The fourth-order valence-electron chi connectivity index (χ4n) is 6.59. The van der Waals surface area contributed by atoms with Crippen LogP contribution in [-0.4, -0.2) is 47.6 Å². The summed E-state index contributed by atoms with van der Waals surface area (Å²) < 4.78 is 79.8. The first-order valence-electron chi connectivity index (χ1n) is 17.0. The number of carbonyl (C=O) groups is 2.